The SMILES string of the molecule is CCCCOc1ccc(S(=O)(=O)Nc2cccc(Cl)c2Cl)cc1. The Morgan fingerprint density at radius 1 is 1.09 bits per heavy atom. The highest BCUT2D eigenvalue weighted by Crippen LogP contribution is 2.31. The maximum absolute atomic E-state index is 12.4. The van der Waals surface area contributed by atoms with Crippen LogP contribution < -0.4 is 9.46 Å². The summed E-state index contributed by atoms with van der Waals surface area (Å²) in [6.07, 6.45) is 1.99. The van der Waals surface area contributed by atoms with E-state index in [4.69, 9.17) is 27.9 Å². The molecule has 0 aliphatic rings. The molecule has 0 unspecified atom stereocenters. The van der Waals surface area contributed by atoms with Crippen LogP contribution in [0.2, 0.25) is 10.0 Å². The zero-order valence-electron chi connectivity index (χ0n) is 12.6. The second-order valence-electron chi connectivity index (χ2n) is 4.88. The molecule has 2 rings (SSSR count). The van der Waals surface area contributed by atoms with Gasteiger partial charge in [-0.3, -0.25) is 4.72 Å². The van der Waals surface area contributed by atoms with Gasteiger partial charge in [0.25, 0.3) is 10.0 Å². The van der Waals surface area contributed by atoms with Crippen LogP contribution in [0, 0.1) is 0 Å². The second-order valence-corrected chi connectivity index (χ2v) is 7.35. The van der Waals surface area contributed by atoms with E-state index in [9.17, 15) is 8.42 Å². The number of hydrogen-bond donors (Lipinski definition) is 1. The topological polar surface area (TPSA) is 55.4 Å². The van der Waals surface area contributed by atoms with Crippen molar-refractivity contribution in [1.82, 2.24) is 0 Å². The van der Waals surface area contributed by atoms with E-state index in [0.717, 1.165) is 12.8 Å². The first kappa shape index (κ1) is 17.9. The van der Waals surface area contributed by atoms with Gasteiger partial charge in [-0.1, -0.05) is 42.6 Å². The zero-order chi connectivity index (χ0) is 16.9. The molecule has 0 fully saturated rings. The van der Waals surface area contributed by atoms with E-state index in [0.29, 0.717) is 12.4 Å². The summed E-state index contributed by atoms with van der Waals surface area (Å²) in [5.74, 6) is 0.637. The minimum atomic E-state index is -3.74. The van der Waals surface area contributed by atoms with Gasteiger partial charge in [0.05, 0.1) is 27.2 Å². The summed E-state index contributed by atoms with van der Waals surface area (Å²) in [6.45, 7) is 2.69. The van der Waals surface area contributed by atoms with E-state index in [1.807, 2.05) is 0 Å². The van der Waals surface area contributed by atoms with Gasteiger partial charge in [-0.25, -0.2) is 8.42 Å². The van der Waals surface area contributed by atoms with Crippen LogP contribution >= 0.6 is 23.2 Å². The molecule has 23 heavy (non-hydrogen) atoms. The number of nitrogens with one attached hydrogen (secondary N) is 1. The van der Waals surface area contributed by atoms with Crippen molar-refractivity contribution >= 4 is 38.9 Å². The van der Waals surface area contributed by atoms with Crippen molar-refractivity contribution in [2.75, 3.05) is 11.3 Å². The number of unbranched alkanes of at least 4 members (excludes halogenated alkanes) is 1. The second kappa shape index (κ2) is 7.90. The first-order valence-electron chi connectivity index (χ1n) is 7.13. The fourth-order valence-corrected chi connectivity index (χ4v) is 3.31. The number of ether oxygens (including phenoxy) is 1. The average Bonchev–Trinajstić information content (AvgIpc) is 2.52. The molecule has 1 N–H and O–H groups in total. The molecule has 0 bridgehead atoms. The first-order valence-corrected chi connectivity index (χ1v) is 9.37. The molecule has 124 valence electrons. The third kappa shape index (κ3) is 4.77. The summed E-state index contributed by atoms with van der Waals surface area (Å²) >= 11 is 11.9. The van der Waals surface area contributed by atoms with Gasteiger partial charge in [-0.15, -0.1) is 0 Å². The van der Waals surface area contributed by atoms with Crippen LogP contribution in [0.15, 0.2) is 47.4 Å². The Morgan fingerprint density at radius 3 is 2.43 bits per heavy atom. The van der Waals surface area contributed by atoms with E-state index in [-0.39, 0.29) is 20.6 Å². The van der Waals surface area contributed by atoms with Gasteiger partial charge in [0, 0.05) is 0 Å². The molecular formula is C16H17Cl2NO3S. The van der Waals surface area contributed by atoms with Crippen molar-refractivity contribution < 1.29 is 13.2 Å². The molecule has 0 heterocycles. The molecule has 7 heteroatoms. The number of rotatable bonds is 7. The van der Waals surface area contributed by atoms with Crippen molar-refractivity contribution in [3.63, 3.8) is 0 Å². The third-order valence-corrected chi connectivity index (χ3v) is 5.30. The van der Waals surface area contributed by atoms with Crippen molar-refractivity contribution in [1.29, 1.82) is 0 Å². The number of benzene rings is 2. The van der Waals surface area contributed by atoms with E-state index in [1.54, 1.807) is 30.3 Å². The maximum Gasteiger partial charge on any atom is 0.261 e. The molecule has 4 nitrogen and oxygen atoms in total. The predicted molar refractivity (Wildman–Crippen MR) is 94.1 cm³/mol. The maximum atomic E-state index is 12.4. The molecule has 0 aliphatic heterocycles. The predicted octanol–water partition coefficient (Wildman–Crippen LogP) is 4.97. The van der Waals surface area contributed by atoms with Crippen LogP contribution in [0.1, 0.15) is 19.8 Å². The largest absolute Gasteiger partial charge is 0.494 e. The zero-order valence-corrected chi connectivity index (χ0v) is 14.9. The molecule has 0 spiro atoms. The van der Waals surface area contributed by atoms with E-state index in [1.165, 1.54) is 12.1 Å². The van der Waals surface area contributed by atoms with Crippen LogP contribution in [0.5, 0.6) is 5.75 Å². The van der Waals surface area contributed by atoms with Crippen molar-refractivity contribution in [2.24, 2.45) is 0 Å². The highest BCUT2D eigenvalue weighted by Gasteiger charge is 2.16. The van der Waals surface area contributed by atoms with Crippen LogP contribution in [-0.2, 0) is 10.0 Å². The number of sulfonamides is 1. The quantitative estimate of drug-likeness (QED) is 0.696. The van der Waals surface area contributed by atoms with E-state index in [2.05, 4.69) is 11.6 Å². The van der Waals surface area contributed by atoms with Gasteiger partial charge < -0.3 is 4.74 Å². The Hall–Kier alpha value is -1.43. The lowest BCUT2D eigenvalue weighted by molar-refractivity contribution is 0.309. The Labute approximate surface area is 146 Å². The molecule has 0 saturated heterocycles. The first-order chi connectivity index (χ1) is 10.9. The standard InChI is InChI=1S/C16H17Cl2NO3S/c1-2-3-11-22-12-7-9-13(10-8-12)23(20,21)19-15-6-4-5-14(17)16(15)18/h4-10,19H,2-3,11H2,1H3. The van der Waals surface area contributed by atoms with Gasteiger partial charge in [0.15, 0.2) is 0 Å². The monoisotopic (exact) mass is 373 g/mol. The molecule has 0 amide bonds. The van der Waals surface area contributed by atoms with Crippen LogP contribution in [0.25, 0.3) is 0 Å². The molecule has 0 saturated carbocycles. The van der Waals surface area contributed by atoms with Crippen LogP contribution in [0.4, 0.5) is 5.69 Å². The van der Waals surface area contributed by atoms with Gasteiger partial charge >= 0.3 is 0 Å². The van der Waals surface area contributed by atoms with Gasteiger partial charge in [0.2, 0.25) is 0 Å². The third-order valence-electron chi connectivity index (χ3n) is 3.10. The Morgan fingerprint density at radius 2 is 1.78 bits per heavy atom. The van der Waals surface area contributed by atoms with E-state index < -0.39 is 10.0 Å². The molecule has 2 aromatic carbocycles. The lowest BCUT2D eigenvalue weighted by Gasteiger charge is -2.11. The lowest BCUT2D eigenvalue weighted by Crippen LogP contribution is -2.13. The smallest absolute Gasteiger partial charge is 0.261 e. The molecule has 0 aliphatic carbocycles. The van der Waals surface area contributed by atoms with E-state index >= 15 is 0 Å². The number of halogens is 2. The van der Waals surface area contributed by atoms with Crippen LogP contribution in [0.3, 0.4) is 0 Å². The number of anilines is 1. The molecule has 0 aromatic heterocycles. The fraction of sp³-hybridized carbons (Fsp3) is 0.250. The normalized spacial score (nSPS) is 11.3. The summed E-state index contributed by atoms with van der Waals surface area (Å²) in [4.78, 5) is 0.122. The minimum absolute atomic E-state index is 0.122. The molecule has 0 atom stereocenters. The van der Waals surface area contributed by atoms with Crippen molar-refractivity contribution in [2.45, 2.75) is 24.7 Å². The summed E-state index contributed by atoms with van der Waals surface area (Å²) in [6, 6.07) is 11.0. The highest BCUT2D eigenvalue weighted by molar-refractivity contribution is 7.92. The summed E-state index contributed by atoms with van der Waals surface area (Å²) < 4.78 is 32.7. The molecular weight excluding hydrogens is 357 g/mol. The Kier molecular flexibility index (Phi) is 6.16. The average molecular weight is 374 g/mol. The Balaban J connectivity index is 2.14. The van der Waals surface area contributed by atoms with Gasteiger partial charge in [-0.2, -0.15) is 0 Å². The summed E-state index contributed by atoms with van der Waals surface area (Å²) in [5, 5.41) is 0.448. The van der Waals surface area contributed by atoms with Crippen molar-refractivity contribution in [3.05, 3.63) is 52.5 Å². The number of hydrogen-bond acceptors (Lipinski definition) is 3. The molecule has 2 aromatic rings. The van der Waals surface area contributed by atoms with Gasteiger partial charge in [0.1, 0.15) is 5.75 Å². The minimum Gasteiger partial charge on any atom is -0.494 e. The van der Waals surface area contributed by atoms with Crippen LogP contribution in [-0.4, -0.2) is 15.0 Å². The lowest BCUT2D eigenvalue weighted by atomic mass is 10.3. The summed E-state index contributed by atoms with van der Waals surface area (Å²) in [5.41, 5.74) is 0.238. The summed E-state index contributed by atoms with van der Waals surface area (Å²) in [7, 11) is -3.74. The molecule has 0 radical (unpaired) electrons. The Bertz CT molecular complexity index is 761. The van der Waals surface area contributed by atoms with Gasteiger partial charge in [-0.05, 0) is 42.8 Å². The fourth-order valence-electron chi connectivity index (χ4n) is 1.84. The highest BCUT2D eigenvalue weighted by atomic mass is 35.5. The van der Waals surface area contributed by atoms with Crippen molar-refractivity contribution in [3.8, 4) is 5.75 Å².